The molecular weight excluding hydrogens is 366 g/mol. The van der Waals surface area contributed by atoms with Gasteiger partial charge in [-0.25, -0.2) is 4.79 Å². The lowest BCUT2D eigenvalue weighted by atomic mass is 9.78. The number of carboxylic acid groups (broad SMARTS) is 1. The van der Waals surface area contributed by atoms with Crippen molar-refractivity contribution in [2.24, 2.45) is 0 Å². The molecule has 0 amide bonds. The van der Waals surface area contributed by atoms with Gasteiger partial charge in [-0.2, -0.15) is 4.98 Å². The quantitative estimate of drug-likeness (QED) is 0.768. The largest absolute Gasteiger partial charge is 0.478 e. The fourth-order valence-corrected chi connectivity index (χ4v) is 4.66. The zero-order valence-electron chi connectivity index (χ0n) is 17.2. The lowest BCUT2D eigenvalue weighted by Crippen LogP contribution is -2.28. The second-order valence-electron chi connectivity index (χ2n) is 8.09. The molecule has 1 fully saturated rings. The van der Waals surface area contributed by atoms with Gasteiger partial charge in [0, 0.05) is 28.8 Å². The van der Waals surface area contributed by atoms with Gasteiger partial charge in [0.2, 0.25) is 11.7 Å². The van der Waals surface area contributed by atoms with Crippen LogP contribution in [0.4, 0.5) is 0 Å². The predicted molar refractivity (Wildman–Crippen MR) is 110 cm³/mol. The van der Waals surface area contributed by atoms with Gasteiger partial charge in [-0.05, 0) is 44.7 Å². The van der Waals surface area contributed by atoms with Crippen LogP contribution in [0.15, 0.2) is 45.8 Å². The maximum atomic E-state index is 12.2. The number of aryl methyl sites for hydroxylation is 1. The molecule has 6 nitrogen and oxygen atoms in total. The molecule has 0 bridgehead atoms. The van der Waals surface area contributed by atoms with Crippen molar-refractivity contribution in [3.8, 4) is 0 Å². The Balaban J connectivity index is 1.82. The highest BCUT2D eigenvalue weighted by Crippen LogP contribution is 2.44. The van der Waals surface area contributed by atoms with Crippen LogP contribution in [0.2, 0.25) is 0 Å². The van der Waals surface area contributed by atoms with Crippen molar-refractivity contribution in [2.45, 2.75) is 64.7 Å². The van der Waals surface area contributed by atoms with E-state index < -0.39 is 11.9 Å². The first-order chi connectivity index (χ1) is 14.0. The zero-order valence-corrected chi connectivity index (χ0v) is 17.2. The van der Waals surface area contributed by atoms with Crippen molar-refractivity contribution in [1.29, 1.82) is 0 Å². The van der Waals surface area contributed by atoms with Gasteiger partial charge in [0.05, 0.1) is 5.57 Å². The Hall–Kier alpha value is -2.89. The van der Waals surface area contributed by atoms with Crippen molar-refractivity contribution >= 4 is 11.5 Å². The molecule has 29 heavy (non-hydrogen) atoms. The molecule has 1 aromatic carbocycles. The monoisotopic (exact) mass is 393 g/mol. The number of rotatable bonds is 4. The Morgan fingerprint density at radius 1 is 1.10 bits per heavy atom. The van der Waals surface area contributed by atoms with Crippen LogP contribution >= 0.6 is 0 Å². The van der Waals surface area contributed by atoms with E-state index in [1.807, 2.05) is 38.1 Å². The Bertz CT molecular complexity index is 996. The molecule has 0 spiro atoms. The summed E-state index contributed by atoms with van der Waals surface area (Å²) in [5.74, 6) is 0.0633. The molecule has 1 unspecified atom stereocenters. The van der Waals surface area contributed by atoms with Crippen LogP contribution in [0.3, 0.4) is 0 Å². The van der Waals surface area contributed by atoms with Crippen LogP contribution in [0.25, 0.3) is 5.57 Å². The van der Waals surface area contributed by atoms with E-state index in [1.165, 1.54) is 19.3 Å². The first kappa shape index (κ1) is 19.4. The number of hydrogen-bond donors (Lipinski definition) is 2. The van der Waals surface area contributed by atoms with Crippen LogP contribution in [0.5, 0.6) is 0 Å². The van der Waals surface area contributed by atoms with E-state index in [2.05, 4.69) is 10.5 Å². The number of nitrogens with one attached hydrogen (secondary N) is 1. The molecule has 2 aliphatic rings. The normalized spacial score (nSPS) is 20.7. The second-order valence-corrected chi connectivity index (χ2v) is 8.09. The number of aromatic nitrogens is 2. The molecule has 152 valence electrons. The molecule has 2 aromatic rings. The molecular formula is C23H27N3O3. The first-order valence-electron chi connectivity index (χ1n) is 10.3. The average molecular weight is 393 g/mol. The Kier molecular flexibility index (Phi) is 5.26. The van der Waals surface area contributed by atoms with E-state index in [0.29, 0.717) is 28.9 Å². The van der Waals surface area contributed by atoms with Crippen LogP contribution in [-0.4, -0.2) is 21.2 Å². The SMILES string of the molecule is CC1=C(C(=O)O)C(c2ccccc2C)C(c2noc(C3CCCCC3)n2)=C(C)N1. The Morgan fingerprint density at radius 2 is 1.83 bits per heavy atom. The molecule has 1 aliphatic heterocycles. The summed E-state index contributed by atoms with van der Waals surface area (Å²) in [7, 11) is 0. The van der Waals surface area contributed by atoms with Gasteiger partial charge < -0.3 is 14.9 Å². The fraction of sp³-hybridized carbons (Fsp3) is 0.435. The molecule has 4 rings (SSSR count). The molecule has 2 heterocycles. The molecule has 1 aromatic heterocycles. The minimum Gasteiger partial charge on any atom is -0.478 e. The maximum absolute atomic E-state index is 12.2. The van der Waals surface area contributed by atoms with Gasteiger partial charge in [-0.15, -0.1) is 0 Å². The molecule has 0 saturated heterocycles. The third-order valence-corrected chi connectivity index (χ3v) is 6.13. The summed E-state index contributed by atoms with van der Waals surface area (Å²) in [6.45, 7) is 5.75. The predicted octanol–water partition coefficient (Wildman–Crippen LogP) is 4.90. The molecule has 1 atom stereocenters. The van der Waals surface area contributed by atoms with E-state index in [9.17, 15) is 9.90 Å². The number of allylic oxidation sites excluding steroid dienone is 3. The fourth-order valence-electron chi connectivity index (χ4n) is 4.66. The van der Waals surface area contributed by atoms with Crippen LogP contribution < -0.4 is 5.32 Å². The van der Waals surface area contributed by atoms with Gasteiger partial charge in [0.1, 0.15) is 0 Å². The molecule has 1 aliphatic carbocycles. The molecule has 2 N–H and O–H groups in total. The van der Waals surface area contributed by atoms with Crippen molar-refractivity contribution in [3.05, 3.63) is 64.1 Å². The van der Waals surface area contributed by atoms with Gasteiger partial charge in [-0.3, -0.25) is 0 Å². The lowest BCUT2D eigenvalue weighted by molar-refractivity contribution is -0.132. The highest BCUT2D eigenvalue weighted by molar-refractivity contribution is 5.95. The van der Waals surface area contributed by atoms with E-state index in [4.69, 9.17) is 9.51 Å². The van der Waals surface area contributed by atoms with Gasteiger partial charge >= 0.3 is 5.97 Å². The van der Waals surface area contributed by atoms with Crippen LogP contribution in [0.1, 0.15) is 80.6 Å². The summed E-state index contributed by atoms with van der Waals surface area (Å²) in [5.41, 5.74) is 4.58. The smallest absolute Gasteiger partial charge is 0.334 e. The third-order valence-electron chi connectivity index (χ3n) is 6.13. The van der Waals surface area contributed by atoms with Gasteiger partial charge in [0.15, 0.2) is 0 Å². The number of hydrogen-bond acceptors (Lipinski definition) is 5. The number of carbonyl (C=O) groups is 1. The van der Waals surface area contributed by atoms with E-state index in [1.54, 1.807) is 6.92 Å². The summed E-state index contributed by atoms with van der Waals surface area (Å²) < 4.78 is 5.66. The molecule has 1 saturated carbocycles. The summed E-state index contributed by atoms with van der Waals surface area (Å²) in [6.07, 6.45) is 5.76. The van der Waals surface area contributed by atoms with Crippen LogP contribution in [0, 0.1) is 6.92 Å². The number of nitrogens with zero attached hydrogens (tertiary/aromatic N) is 2. The van der Waals surface area contributed by atoms with E-state index in [-0.39, 0.29) is 0 Å². The van der Waals surface area contributed by atoms with Crippen molar-refractivity contribution in [1.82, 2.24) is 15.5 Å². The van der Waals surface area contributed by atoms with Crippen molar-refractivity contribution in [2.75, 3.05) is 0 Å². The zero-order chi connectivity index (χ0) is 20.5. The Morgan fingerprint density at radius 3 is 2.52 bits per heavy atom. The summed E-state index contributed by atoms with van der Waals surface area (Å²) in [6, 6.07) is 7.89. The molecule has 0 radical (unpaired) electrons. The standard InChI is InChI=1S/C23H27N3O3/c1-13-9-7-8-12-17(13)20-18(14(2)24-15(3)19(20)23(27)28)21-25-22(29-26-21)16-10-5-4-6-11-16/h7-9,12,16,20,24H,4-6,10-11H2,1-3H3,(H,27,28). The number of aliphatic carboxylic acids is 1. The Labute approximate surface area is 170 Å². The summed E-state index contributed by atoms with van der Waals surface area (Å²) in [5, 5.41) is 17.5. The summed E-state index contributed by atoms with van der Waals surface area (Å²) >= 11 is 0. The van der Waals surface area contributed by atoms with Gasteiger partial charge in [-0.1, -0.05) is 48.7 Å². The second kappa shape index (κ2) is 7.85. The summed E-state index contributed by atoms with van der Waals surface area (Å²) in [4.78, 5) is 17.0. The number of carboxylic acids is 1. The average Bonchev–Trinajstić information content (AvgIpc) is 3.18. The number of benzene rings is 1. The third kappa shape index (κ3) is 3.59. The van der Waals surface area contributed by atoms with E-state index in [0.717, 1.165) is 35.2 Å². The lowest BCUT2D eigenvalue weighted by Gasteiger charge is -2.30. The first-order valence-corrected chi connectivity index (χ1v) is 10.3. The van der Waals surface area contributed by atoms with Gasteiger partial charge in [0.25, 0.3) is 0 Å². The highest BCUT2D eigenvalue weighted by atomic mass is 16.5. The van der Waals surface area contributed by atoms with E-state index >= 15 is 0 Å². The van der Waals surface area contributed by atoms with Crippen LogP contribution in [-0.2, 0) is 4.79 Å². The minimum atomic E-state index is -0.941. The molecule has 6 heteroatoms. The van der Waals surface area contributed by atoms with Crippen molar-refractivity contribution < 1.29 is 14.4 Å². The highest BCUT2D eigenvalue weighted by Gasteiger charge is 2.37. The maximum Gasteiger partial charge on any atom is 0.334 e. The minimum absolute atomic E-state index is 0.301. The topological polar surface area (TPSA) is 88.2 Å². The van der Waals surface area contributed by atoms with Crippen molar-refractivity contribution in [3.63, 3.8) is 0 Å². The number of dihydropyridines is 1.